The summed E-state index contributed by atoms with van der Waals surface area (Å²) in [5.41, 5.74) is 2.57. The Morgan fingerprint density at radius 2 is 1.87 bits per heavy atom. The highest BCUT2D eigenvalue weighted by Gasteiger charge is 2.33. The van der Waals surface area contributed by atoms with Crippen LogP contribution in [0.2, 0.25) is 0 Å². The summed E-state index contributed by atoms with van der Waals surface area (Å²) in [7, 11) is 0. The number of hydrogen-bond donors (Lipinski definition) is 1. The maximum Gasteiger partial charge on any atom is 0.433 e. The van der Waals surface area contributed by atoms with Gasteiger partial charge in [-0.25, -0.2) is 4.98 Å². The van der Waals surface area contributed by atoms with Gasteiger partial charge in [0.1, 0.15) is 10.5 Å². The molecule has 1 N–H and O–H groups in total. The molecule has 1 amide bonds. The summed E-state index contributed by atoms with van der Waals surface area (Å²) in [6.07, 6.45) is -4.51. The summed E-state index contributed by atoms with van der Waals surface area (Å²) in [5.74, 6) is 1.93. The van der Waals surface area contributed by atoms with E-state index in [1.54, 1.807) is 6.92 Å². The molecule has 1 aliphatic rings. The molecule has 1 aliphatic heterocycles. The van der Waals surface area contributed by atoms with Crippen LogP contribution in [0.1, 0.15) is 32.1 Å². The van der Waals surface area contributed by atoms with Crippen LogP contribution in [0.15, 0.2) is 30.3 Å². The van der Waals surface area contributed by atoms with Crippen LogP contribution < -0.4 is 5.32 Å². The second-order valence-corrected chi connectivity index (χ2v) is 9.76. The Morgan fingerprint density at radius 1 is 1.13 bits per heavy atom. The van der Waals surface area contributed by atoms with Crippen molar-refractivity contribution in [2.45, 2.75) is 26.6 Å². The minimum absolute atomic E-state index is 0.214. The molecule has 1 fully saturated rings. The fourth-order valence-electron chi connectivity index (χ4n) is 3.64. The SMILES string of the molecule is Cc1c(CN2CCSCC2)cccc1NC(=O)c1sc2nc(C(F)(F)F)ccc2c1C. The molecule has 3 heterocycles. The van der Waals surface area contributed by atoms with Crippen molar-refractivity contribution in [3.8, 4) is 0 Å². The van der Waals surface area contributed by atoms with Crippen molar-refractivity contribution in [3.63, 3.8) is 0 Å². The zero-order valence-corrected chi connectivity index (χ0v) is 18.8. The molecule has 31 heavy (non-hydrogen) atoms. The molecule has 4 nitrogen and oxygen atoms in total. The Morgan fingerprint density at radius 3 is 2.58 bits per heavy atom. The Hall–Kier alpha value is -2.10. The highest BCUT2D eigenvalue weighted by molar-refractivity contribution is 7.99. The van der Waals surface area contributed by atoms with Gasteiger partial charge < -0.3 is 5.32 Å². The molecule has 0 aliphatic carbocycles. The van der Waals surface area contributed by atoms with Crippen molar-refractivity contribution >= 4 is 44.9 Å². The fraction of sp³-hybridized carbons (Fsp3) is 0.364. The molecule has 0 spiro atoms. The lowest BCUT2D eigenvalue weighted by atomic mass is 10.1. The number of nitrogens with one attached hydrogen (secondary N) is 1. The van der Waals surface area contributed by atoms with Gasteiger partial charge in [-0.3, -0.25) is 9.69 Å². The number of anilines is 1. The Labute approximate surface area is 186 Å². The maximum atomic E-state index is 13.0. The van der Waals surface area contributed by atoms with Gasteiger partial charge in [-0.2, -0.15) is 24.9 Å². The Kier molecular flexibility index (Phi) is 6.27. The van der Waals surface area contributed by atoms with Crippen LogP contribution in [0.5, 0.6) is 0 Å². The minimum Gasteiger partial charge on any atom is -0.321 e. The van der Waals surface area contributed by atoms with Crippen molar-refractivity contribution in [3.05, 3.63) is 57.6 Å². The first-order chi connectivity index (χ1) is 14.7. The molecule has 164 valence electrons. The first kappa shape index (κ1) is 22.1. The molecule has 1 aromatic carbocycles. The number of halogens is 3. The molecule has 1 saturated heterocycles. The van der Waals surface area contributed by atoms with Crippen LogP contribution >= 0.6 is 23.1 Å². The topological polar surface area (TPSA) is 45.2 Å². The van der Waals surface area contributed by atoms with Gasteiger partial charge in [-0.05, 0) is 48.7 Å². The van der Waals surface area contributed by atoms with Gasteiger partial charge in [-0.1, -0.05) is 12.1 Å². The van der Waals surface area contributed by atoms with Gasteiger partial charge >= 0.3 is 6.18 Å². The normalized spacial score (nSPS) is 15.4. The molecule has 2 aromatic heterocycles. The van der Waals surface area contributed by atoms with E-state index in [4.69, 9.17) is 0 Å². The lowest BCUT2D eigenvalue weighted by Gasteiger charge is -2.27. The second kappa shape index (κ2) is 8.80. The summed E-state index contributed by atoms with van der Waals surface area (Å²) in [4.78, 5) is 19.7. The minimum atomic E-state index is -4.51. The molecule has 0 bridgehead atoms. The number of carbonyl (C=O) groups excluding carboxylic acids is 1. The number of nitrogens with zero attached hydrogens (tertiary/aromatic N) is 2. The van der Waals surface area contributed by atoms with Crippen LogP contribution in [0.25, 0.3) is 10.2 Å². The van der Waals surface area contributed by atoms with E-state index in [0.717, 1.165) is 65.4 Å². The van der Waals surface area contributed by atoms with Crippen molar-refractivity contribution in [2.24, 2.45) is 0 Å². The number of thioether (sulfide) groups is 1. The zero-order chi connectivity index (χ0) is 22.2. The van der Waals surface area contributed by atoms with E-state index < -0.39 is 11.9 Å². The number of rotatable bonds is 4. The number of aromatic nitrogens is 1. The van der Waals surface area contributed by atoms with E-state index in [-0.39, 0.29) is 10.7 Å². The number of fused-ring (bicyclic) bond motifs is 1. The standard InChI is InChI=1S/C22H22F3N3OS2/c1-13-15(12-28-8-10-30-11-9-28)4-3-5-17(13)26-20(29)19-14(2)16-6-7-18(22(23,24)25)27-21(16)31-19/h3-7H,8-12H2,1-2H3,(H,26,29). The maximum absolute atomic E-state index is 13.0. The average molecular weight is 466 g/mol. The first-order valence-corrected chi connectivity index (χ1v) is 11.9. The fourth-order valence-corrected chi connectivity index (χ4v) is 5.70. The predicted octanol–water partition coefficient (Wildman–Crippen LogP) is 5.73. The van der Waals surface area contributed by atoms with Crippen LogP contribution in [-0.4, -0.2) is 40.4 Å². The summed E-state index contributed by atoms with van der Waals surface area (Å²) in [6.45, 7) is 6.66. The smallest absolute Gasteiger partial charge is 0.321 e. The lowest BCUT2D eigenvalue weighted by Crippen LogP contribution is -2.32. The highest BCUT2D eigenvalue weighted by Crippen LogP contribution is 2.34. The molecular weight excluding hydrogens is 443 g/mol. The molecule has 0 radical (unpaired) electrons. The van der Waals surface area contributed by atoms with Crippen molar-refractivity contribution < 1.29 is 18.0 Å². The number of hydrogen-bond acceptors (Lipinski definition) is 5. The summed E-state index contributed by atoms with van der Waals surface area (Å²) in [6, 6.07) is 8.18. The predicted molar refractivity (Wildman–Crippen MR) is 121 cm³/mol. The summed E-state index contributed by atoms with van der Waals surface area (Å²) < 4.78 is 38.9. The van der Waals surface area contributed by atoms with Crippen LogP contribution in [0, 0.1) is 13.8 Å². The van der Waals surface area contributed by atoms with Gasteiger partial charge in [0.05, 0.1) is 4.88 Å². The van der Waals surface area contributed by atoms with Crippen LogP contribution in [0.4, 0.5) is 18.9 Å². The largest absolute Gasteiger partial charge is 0.433 e. The van der Waals surface area contributed by atoms with Crippen molar-refractivity contribution in [1.82, 2.24) is 9.88 Å². The highest BCUT2D eigenvalue weighted by atomic mass is 32.2. The van der Waals surface area contributed by atoms with Crippen LogP contribution in [0.3, 0.4) is 0 Å². The molecule has 0 atom stereocenters. The number of benzene rings is 1. The average Bonchev–Trinajstić information content (AvgIpc) is 3.07. The lowest BCUT2D eigenvalue weighted by molar-refractivity contribution is -0.140. The first-order valence-electron chi connectivity index (χ1n) is 9.91. The molecule has 4 rings (SSSR count). The number of pyridine rings is 1. The zero-order valence-electron chi connectivity index (χ0n) is 17.2. The van der Waals surface area contributed by atoms with E-state index in [0.29, 0.717) is 15.8 Å². The third kappa shape index (κ3) is 4.73. The van der Waals surface area contributed by atoms with E-state index in [1.165, 1.54) is 6.07 Å². The molecule has 0 saturated carbocycles. The number of alkyl halides is 3. The molecule has 3 aromatic rings. The quantitative estimate of drug-likeness (QED) is 0.534. The van der Waals surface area contributed by atoms with Gasteiger partial charge in [0, 0.05) is 42.2 Å². The molecule has 9 heteroatoms. The number of aryl methyl sites for hydroxylation is 1. The van der Waals surface area contributed by atoms with E-state index >= 15 is 0 Å². The van der Waals surface area contributed by atoms with Gasteiger partial charge in [0.2, 0.25) is 0 Å². The third-order valence-corrected chi connectivity index (χ3v) is 7.63. The second-order valence-electron chi connectivity index (χ2n) is 7.54. The summed E-state index contributed by atoms with van der Waals surface area (Å²) >= 11 is 2.95. The number of carbonyl (C=O) groups is 1. The van der Waals surface area contributed by atoms with Gasteiger partial charge in [0.25, 0.3) is 5.91 Å². The van der Waals surface area contributed by atoms with Gasteiger partial charge in [0.15, 0.2) is 0 Å². The van der Waals surface area contributed by atoms with E-state index in [2.05, 4.69) is 21.3 Å². The molecular formula is C22H22F3N3OS2. The van der Waals surface area contributed by atoms with Crippen molar-refractivity contribution in [2.75, 3.05) is 29.9 Å². The molecule has 0 unspecified atom stereocenters. The number of amides is 1. The Bertz CT molecular complexity index is 1120. The third-order valence-electron chi connectivity index (χ3n) is 5.49. The number of thiophene rings is 1. The van der Waals surface area contributed by atoms with E-state index in [1.807, 2.05) is 30.8 Å². The Balaban J connectivity index is 1.57. The van der Waals surface area contributed by atoms with Crippen molar-refractivity contribution in [1.29, 1.82) is 0 Å². The summed E-state index contributed by atoms with van der Waals surface area (Å²) in [5, 5.41) is 3.52. The van der Waals surface area contributed by atoms with E-state index in [9.17, 15) is 18.0 Å². The van der Waals surface area contributed by atoms with Crippen LogP contribution in [-0.2, 0) is 12.7 Å². The monoisotopic (exact) mass is 465 g/mol. The van der Waals surface area contributed by atoms with Gasteiger partial charge in [-0.15, -0.1) is 11.3 Å².